The van der Waals surface area contributed by atoms with E-state index in [9.17, 15) is 4.79 Å². The van der Waals surface area contributed by atoms with Crippen molar-refractivity contribution in [2.24, 2.45) is 0 Å². The van der Waals surface area contributed by atoms with Crippen molar-refractivity contribution < 1.29 is 4.79 Å². The zero-order valence-corrected chi connectivity index (χ0v) is 9.04. The van der Waals surface area contributed by atoms with E-state index in [0.29, 0.717) is 0 Å². The first kappa shape index (κ1) is 10.3. The van der Waals surface area contributed by atoms with E-state index in [1.165, 1.54) is 0 Å². The number of nitrogens with one attached hydrogen (secondary N) is 1. The van der Waals surface area contributed by atoms with Crippen LogP contribution in [-0.2, 0) is 4.79 Å². The predicted octanol–water partition coefficient (Wildman–Crippen LogP) is 2.80. The number of halogens is 1. The van der Waals surface area contributed by atoms with E-state index in [-0.39, 0.29) is 10.7 Å². The minimum atomic E-state index is -0.104. The fraction of sp³-hybridized carbons (Fsp3) is 0.300. The zero-order valence-electron chi connectivity index (χ0n) is 7.46. The zero-order chi connectivity index (χ0) is 9.68. The van der Waals surface area contributed by atoms with Gasteiger partial charge in [-0.15, -0.1) is 0 Å². The molecule has 0 heterocycles. The molecule has 0 aliphatic carbocycles. The van der Waals surface area contributed by atoms with Crippen molar-refractivity contribution in [2.45, 2.75) is 18.2 Å². The van der Waals surface area contributed by atoms with Crippen LogP contribution in [0.15, 0.2) is 30.3 Å². The van der Waals surface area contributed by atoms with Crippen LogP contribution in [0.2, 0.25) is 0 Å². The Kier molecular flexibility index (Phi) is 3.96. The normalized spacial score (nSPS) is 12.2. The third kappa shape index (κ3) is 3.19. The predicted molar refractivity (Wildman–Crippen MR) is 58.1 cm³/mol. The second kappa shape index (κ2) is 5.02. The number of hydrogen-bond acceptors (Lipinski definition) is 1. The average molecular weight is 242 g/mol. The summed E-state index contributed by atoms with van der Waals surface area (Å²) in [5, 5.41) is 2.81. The maximum atomic E-state index is 11.4. The summed E-state index contributed by atoms with van der Waals surface area (Å²) in [5.74, 6) is 0.00806. The number of carbonyl (C=O) groups is 1. The molecule has 1 aromatic rings. The Bertz CT molecular complexity index is 274. The van der Waals surface area contributed by atoms with Crippen molar-refractivity contribution in [1.29, 1.82) is 0 Å². The highest BCUT2D eigenvalue weighted by molar-refractivity contribution is 9.10. The van der Waals surface area contributed by atoms with Crippen LogP contribution in [0.5, 0.6) is 0 Å². The average Bonchev–Trinajstić information content (AvgIpc) is 2.18. The fourth-order valence-corrected chi connectivity index (χ4v) is 1.04. The van der Waals surface area contributed by atoms with Gasteiger partial charge in [0.25, 0.3) is 0 Å². The number of alkyl halides is 1. The summed E-state index contributed by atoms with van der Waals surface area (Å²) in [5.41, 5.74) is 0.838. The smallest absolute Gasteiger partial charge is 0.238 e. The second-order valence-corrected chi connectivity index (χ2v) is 3.84. The van der Waals surface area contributed by atoms with Gasteiger partial charge in [0.05, 0.1) is 4.83 Å². The van der Waals surface area contributed by atoms with Crippen molar-refractivity contribution in [2.75, 3.05) is 5.32 Å². The Balaban J connectivity index is 2.55. The highest BCUT2D eigenvalue weighted by atomic mass is 79.9. The molecule has 0 spiro atoms. The molecule has 1 atom stereocenters. The number of hydrogen-bond donors (Lipinski definition) is 1. The van der Waals surface area contributed by atoms with Gasteiger partial charge in [0, 0.05) is 5.69 Å². The molecule has 1 rings (SSSR count). The summed E-state index contributed by atoms with van der Waals surface area (Å²) in [6.07, 6.45) is 0.790. The molecule has 0 saturated carbocycles. The standard InChI is InChI=1S/C10H12BrNO/c1-2-9(11)10(13)12-8-6-4-3-5-7-8/h3-7,9H,2H2,1H3,(H,12,13)/t9-/m1/s1. The minimum absolute atomic E-state index is 0.00806. The third-order valence-electron chi connectivity index (χ3n) is 1.68. The number of carbonyl (C=O) groups excluding carboxylic acids is 1. The number of para-hydroxylation sites is 1. The Hall–Kier alpha value is -0.830. The van der Waals surface area contributed by atoms with E-state index in [1.54, 1.807) is 0 Å². The first-order valence-corrected chi connectivity index (χ1v) is 5.15. The van der Waals surface area contributed by atoms with Crippen LogP contribution in [0.3, 0.4) is 0 Å². The van der Waals surface area contributed by atoms with Gasteiger partial charge in [-0.1, -0.05) is 41.1 Å². The molecule has 13 heavy (non-hydrogen) atoms. The summed E-state index contributed by atoms with van der Waals surface area (Å²) < 4.78 is 0. The molecule has 1 amide bonds. The maximum absolute atomic E-state index is 11.4. The molecule has 1 aromatic carbocycles. The molecule has 0 fully saturated rings. The van der Waals surface area contributed by atoms with Crippen molar-refractivity contribution in [3.05, 3.63) is 30.3 Å². The molecule has 70 valence electrons. The van der Waals surface area contributed by atoms with E-state index in [2.05, 4.69) is 21.2 Å². The van der Waals surface area contributed by atoms with Gasteiger partial charge in [-0.25, -0.2) is 0 Å². The molecule has 0 aliphatic rings. The van der Waals surface area contributed by atoms with E-state index >= 15 is 0 Å². The molecular formula is C10H12BrNO. The first-order valence-electron chi connectivity index (χ1n) is 4.24. The second-order valence-electron chi connectivity index (χ2n) is 2.73. The van der Waals surface area contributed by atoms with Crippen LogP contribution in [-0.4, -0.2) is 10.7 Å². The van der Waals surface area contributed by atoms with Gasteiger partial charge in [0.15, 0.2) is 0 Å². The maximum Gasteiger partial charge on any atom is 0.238 e. The van der Waals surface area contributed by atoms with Crippen LogP contribution < -0.4 is 5.32 Å². The number of amides is 1. The lowest BCUT2D eigenvalue weighted by Crippen LogP contribution is -2.21. The van der Waals surface area contributed by atoms with Gasteiger partial charge in [-0.3, -0.25) is 4.79 Å². The lowest BCUT2D eigenvalue weighted by molar-refractivity contribution is -0.115. The number of rotatable bonds is 3. The highest BCUT2D eigenvalue weighted by Gasteiger charge is 2.11. The van der Waals surface area contributed by atoms with Gasteiger partial charge in [-0.05, 0) is 18.6 Å². The molecule has 0 unspecified atom stereocenters. The fourth-order valence-electron chi connectivity index (χ4n) is 0.927. The van der Waals surface area contributed by atoms with E-state index in [0.717, 1.165) is 12.1 Å². The number of anilines is 1. The lowest BCUT2D eigenvalue weighted by Gasteiger charge is -2.07. The van der Waals surface area contributed by atoms with Gasteiger partial charge in [0.1, 0.15) is 0 Å². The minimum Gasteiger partial charge on any atom is -0.325 e. The lowest BCUT2D eigenvalue weighted by atomic mass is 10.3. The van der Waals surface area contributed by atoms with Gasteiger partial charge in [0.2, 0.25) is 5.91 Å². The molecule has 3 heteroatoms. The highest BCUT2D eigenvalue weighted by Crippen LogP contribution is 2.10. The largest absolute Gasteiger partial charge is 0.325 e. The molecular weight excluding hydrogens is 230 g/mol. The van der Waals surface area contributed by atoms with Crippen molar-refractivity contribution in [3.8, 4) is 0 Å². The molecule has 0 saturated heterocycles. The SMILES string of the molecule is CC[C@@H](Br)C(=O)Nc1ccccc1. The van der Waals surface area contributed by atoms with Gasteiger partial charge < -0.3 is 5.32 Å². The van der Waals surface area contributed by atoms with Crippen molar-refractivity contribution >= 4 is 27.5 Å². The molecule has 2 nitrogen and oxygen atoms in total. The van der Waals surface area contributed by atoms with Crippen LogP contribution in [0.1, 0.15) is 13.3 Å². The topological polar surface area (TPSA) is 29.1 Å². The van der Waals surface area contributed by atoms with Gasteiger partial charge >= 0.3 is 0 Å². The summed E-state index contributed by atoms with van der Waals surface area (Å²) in [6, 6.07) is 9.44. The van der Waals surface area contributed by atoms with E-state index in [1.807, 2.05) is 37.3 Å². The first-order chi connectivity index (χ1) is 6.24. The quantitative estimate of drug-likeness (QED) is 0.811. The van der Waals surface area contributed by atoms with Crippen LogP contribution in [0.4, 0.5) is 5.69 Å². The summed E-state index contributed by atoms with van der Waals surface area (Å²) in [7, 11) is 0. The summed E-state index contributed by atoms with van der Waals surface area (Å²) in [4.78, 5) is 11.3. The number of benzene rings is 1. The Morgan fingerprint density at radius 1 is 1.46 bits per heavy atom. The molecule has 0 bridgehead atoms. The molecule has 0 radical (unpaired) electrons. The Morgan fingerprint density at radius 3 is 2.62 bits per heavy atom. The Morgan fingerprint density at radius 2 is 2.08 bits per heavy atom. The summed E-state index contributed by atoms with van der Waals surface area (Å²) >= 11 is 3.29. The third-order valence-corrected chi connectivity index (χ3v) is 2.75. The van der Waals surface area contributed by atoms with Gasteiger partial charge in [-0.2, -0.15) is 0 Å². The van der Waals surface area contributed by atoms with Crippen LogP contribution in [0.25, 0.3) is 0 Å². The molecule has 1 N–H and O–H groups in total. The van der Waals surface area contributed by atoms with E-state index in [4.69, 9.17) is 0 Å². The summed E-state index contributed by atoms with van der Waals surface area (Å²) in [6.45, 7) is 1.96. The van der Waals surface area contributed by atoms with Crippen molar-refractivity contribution in [1.82, 2.24) is 0 Å². The van der Waals surface area contributed by atoms with Crippen LogP contribution >= 0.6 is 15.9 Å². The van der Waals surface area contributed by atoms with Crippen molar-refractivity contribution in [3.63, 3.8) is 0 Å². The Labute approximate surface area is 86.5 Å². The molecule has 0 aromatic heterocycles. The monoisotopic (exact) mass is 241 g/mol. The molecule has 0 aliphatic heterocycles. The van der Waals surface area contributed by atoms with E-state index < -0.39 is 0 Å². The van der Waals surface area contributed by atoms with Crippen LogP contribution in [0, 0.1) is 0 Å².